The first kappa shape index (κ1) is 10.4. The molecule has 0 saturated heterocycles. The van der Waals surface area contributed by atoms with Gasteiger partial charge in [-0.25, -0.2) is 4.98 Å². The van der Waals surface area contributed by atoms with Crippen LogP contribution in [0.15, 0.2) is 18.3 Å². The Kier molecular flexibility index (Phi) is 3.21. The number of hydrogen-bond donors (Lipinski definition) is 2. The van der Waals surface area contributed by atoms with Crippen molar-refractivity contribution in [3.8, 4) is 0 Å². The summed E-state index contributed by atoms with van der Waals surface area (Å²) in [4.78, 5) is 4.01. The highest BCUT2D eigenvalue weighted by Crippen LogP contribution is 2.30. The van der Waals surface area contributed by atoms with Crippen molar-refractivity contribution in [3.63, 3.8) is 0 Å². The molecule has 1 aromatic heterocycles. The van der Waals surface area contributed by atoms with Gasteiger partial charge in [-0.1, -0.05) is 6.42 Å². The topological polar surface area (TPSA) is 50.9 Å². The lowest BCUT2D eigenvalue weighted by Gasteiger charge is -2.33. The Morgan fingerprint density at radius 2 is 2.40 bits per heavy atom. The zero-order chi connectivity index (χ0) is 10.7. The number of nitrogen functional groups attached to an aromatic ring is 1. The van der Waals surface area contributed by atoms with Crippen molar-refractivity contribution in [3.05, 3.63) is 23.9 Å². The van der Waals surface area contributed by atoms with E-state index in [9.17, 15) is 0 Å². The average Bonchev–Trinajstić information content (AvgIpc) is 2.14. The molecule has 1 fully saturated rings. The number of likely N-dealkylation sites (N-methyl/N-ethyl adjacent to an activating group) is 1. The summed E-state index contributed by atoms with van der Waals surface area (Å²) in [6.45, 7) is 0. The van der Waals surface area contributed by atoms with Crippen LogP contribution in [0.2, 0.25) is 0 Å². The number of anilines is 1. The third kappa shape index (κ3) is 2.48. The van der Waals surface area contributed by atoms with Gasteiger partial charge in [0.25, 0.3) is 0 Å². The monoisotopic (exact) mass is 205 g/mol. The van der Waals surface area contributed by atoms with Gasteiger partial charge in [0.15, 0.2) is 0 Å². The van der Waals surface area contributed by atoms with Crippen LogP contribution >= 0.6 is 0 Å². The van der Waals surface area contributed by atoms with Gasteiger partial charge in [-0.05, 0) is 49.9 Å². The maximum Gasteiger partial charge on any atom is 0.123 e. The van der Waals surface area contributed by atoms with Gasteiger partial charge in [-0.2, -0.15) is 0 Å². The maximum absolute atomic E-state index is 5.67. The maximum atomic E-state index is 5.67. The Morgan fingerprint density at radius 3 is 2.93 bits per heavy atom. The molecule has 3 N–H and O–H groups in total. The fourth-order valence-electron chi connectivity index (χ4n) is 2.22. The number of nitrogens with one attached hydrogen (secondary N) is 1. The van der Waals surface area contributed by atoms with Crippen molar-refractivity contribution >= 4 is 5.82 Å². The van der Waals surface area contributed by atoms with Crippen LogP contribution in [0.3, 0.4) is 0 Å². The van der Waals surface area contributed by atoms with Crippen LogP contribution in [0, 0.1) is 5.92 Å². The lowest BCUT2D eigenvalue weighted by molar-refractivity contribution is 0.236. The highest BCUT2D eigenvalue weighted by molar-refractivity contribution is 5.32. The Balaban J connectivity index is 1.99. The van der Waals surface area contributed by atoms with Gasteiger partial charge >= 0.3 is 0 Å². The van der Waals surface area contributed by atoms with Gasteiger partial charge in [0, 0.05) is 12.2 Å². The summed E-state index contributed by atoms with van der Waals surface area (Å²) in [5.41, 5.74) is 6.95. The van der Waals surface area contributed by atoms with E-state index in [-0.39, 0.29) is 0 Å². The molecule has 0 bridgehead atoms. The lowest BCUT2D eigenvalue weighted by Crippen LogP contribution is -2.39. The molecule has 0 aliphatic heterocycles. The second-order valence-corrected chi connectivity index (χ2v) is 4.38. The molecule has 3 nitrogen and oxygen atoms in total. The van der Waals surface area contributed by atoms with Crippen molar-refractivity contribution in [1.29, 1.82) is 0 Å². The van der Waals surface area contributed by atoms with Crippen molar-refractivity contribution in [2.45, 2.75) is 31.7 Å². The predicted molar refractivity (Wildman–Crippen MR) is 62.5 cm³/mol. The summed E-state index contributed by atoms with van der Waals surface area (Å²) < 4.78 is 0. The smallest absolute Gasteiger partial charge is 0.123 e. The minimum Gasteiger partial charge on any atom is -0.384 e. The van der Waals surface area contributed by atoms with Gasteiger partial charge < -0.3 is 11.1 Å². The molecule has 0 spiro atoms. The highest BCUT2D eigenvalue weighted by atomic mass is 14.9. The van der Waals surface area contributed by atoms with Gasteiger partial charge in [0.2, 0.25) is 0 Å². The first-order chi connectivity index (χ1) is 7.29. The van der Waals surface area contributed by atoms with Crippen molar-refractivity contribution in [2.75, 3.05) is 12.8 Å². The normalized spacial score (nSPS) is 18.5. The molecule has 82 valence electrons. The van der Waals surface area contributed by atoms with Crippen LogP contribution in [-0.2, 0) is 6.42 Å². The molecule has 1 unspecified atom stereocenters. The van der Waals surface area contributed by atoms with Crippen LogP contribution in [0.25, 0.3) is 0 Å². The Hall–Kier alpha value is -1.09. The molecule has 1 saturated carbocycles. The second kappa shape index (κ2) is 4.62. The Bertz CT molecular complexity index is 320. The number of nitrogens with two attached hydrogens (primary N) is 1. The average molecular weight is 205 g/mol. The van der Waals surface area contributed by atoms with E-state index in [0.29, 0.717) is 11.9 Å². The van der Waals surface area contributed by atoms with Crippen LogP contribution in [0.5, 0.6) is 0 Å². The number of nitrogens with zero attached hydrogens (tertiary/aromatic N) is 1. The summed E-state index contributed by atoms with van der Waals surface area (Å²) in [6.07, 6.45) is 6.98. The summed E-state index contributed by atoms with van der Waals surface area (Å²) in [6, 6.07) is 4.63. The van der Waals surface area contributed by atoms with Gasteiger partial charge in [-0.15, -0.1) is 0 Å². The molecule has 1 heterocycles. The largest absolute Gasteiger partial charge is 0.384 e. The van der Waals surface area contributed by atoms with Gasteiger partial charge in [-0.3, -0.25) is 0 Å². The highest BCUT2D eigenvalue weighted by Gasteiger charge is 2.25. The molecule has 1 atom stereocenters. The molecule has 1 aliphatic carbocycles. The van der Waals surface area contributed by atoms with E-state index >= 15 is 0 Å². The van der Waals surface area contributed by atoms with E-state index in [4.69, 9.17) is 5.73 Å². The van der Waals surface area contributed by atoms with E-state index < -0.39 is 0 Å². The van der Waals surface area contributed by atoms with E-state index in [1.807, 2.05) is 13.1 Å². The summed E-state index contributed by atoms with van der Waals surface area (Å²) in [7, 11) is 2.05. The molecule has 0 radical (unpaired) electrons. The van der Waals surface area contributed by atoms with Crippen LogP contribution in [0.1, 0.15) is 24.8 Å². The van der Waals surface area contributed by atoms with Crippen molar-refractivity contribution < 1.29 is 0 Å². The van der Waals surface area contributed by atoms with Crippen molar-refractivity contribution in [1.82, 2.24) is 10.3 Å². The summed E-state index contributed by atoms with van der Waals surface area (Å²) >= 11 is 0. The minimum atomic E-state index is 0.598. The molecule has 1 aliphatic rings. The SMILES string of the molecule is CNC(Cc1ccnc(N)c1)C1CCC1. The van der Waals surface area contributed by atoms with Crippen LogP contribution in [-0.4, -0.2) is 18.1 Å². The Labute approximate surface area is 91.1 Å². The third-order valence-electron chi connectivity index (χ3n) is 3.39. The van der Waals surface area contributed by atoms with E-state index in [1.54, 1.807) is 6.20 Å². The molecular weight excluding hydrogens is 186 g/mol. The molecular formula is C12H19N3. The van der Waals surface area contributed by atoms with Gasteiger partial charge in [0.05, 0.1) is 0 Å². The number of pyridine rings is 1. The standard InChI is InChI=1S/C12H19N3/c1-14-11(10-3-2-4-10)7-9-5-6-15-12(13)8-9/h5-6,8,10-11,14H,2-4,7H2,1H3,(H2,13,15). The molecule has 2 rings (SSSR count). The predicted octanol–water partition coefficient (Wildman–Crippen LogP) is 1.59. The van der Waals surface area contributed by atoms with Gasteiger partial charge in [0.1, 0.15) is 5.82 Å². The third-order valence-corrected chi connectivity index (χ3v) is 3.39. The zero-order valence-electron chi connectivity index (χ0n) is 9.24. The zero-order valence-corrected chi connectivity index (χ0v) is 9.24. The number of rotatable bonds is 4. The molecule has 3 heteroatoms. The number of aromatic nitrogens is 1. The molecule has 15 heavy (non-hydrogen) atoms. The van der Waals surface area contributed by atoms with Crippen LogP contribution in [0.4, 0.5) is 5.82 Å². The molecule has 0 amide bonds. The fraction of sp³-hybridized carbons (Fsp3) is 0.583. The van der Waals surface area contributed by atoms with Crippen molar-refractivity contribution in [2.24, 2.45) is 5.92 Å². The first-order valence-electron chi connectivity index (χ1n) is 5.67. The first-order valence-corrected chi connectivity index (χ1v) is 5.67. The molecule has 1 aromatic rings. The fourth-order valence-corrected chi connectivity index (χ4v) is 2.22. The minimum absolute atomic E-state index is 0.598. The molecule has 0 aromatic carbocycles. The van der Waals surface area contributed by atoms with Crippen LogP contribution < -0.4 is 11.1 Å². The summed E-state index contributed by atoms with van der Waals surface area (Å²) in [5.74, 6) is 1.47. The lowest BCUT2D eigenvalue weighted by atomic mass is 9.78. The summed E-state index contributed by atoms with van der Waals surface area (Å²) in [5, 5.41) is 3.41. The van der Waals surface area contributed by atoms with E-state index in [1.165, 1.54) is 24.8 Å². The second-order valence-electron chi connectivity index (χ2n) is 4.38. The van der Waals surface area contributed by atoms with E-state index in [2.05, 4.69) is 16.4 Å². The quantitative estimate of drug-likeness (QED) is 0.785. The number of hydrogen-bond acceptors (Lipinski definition) is 3. The van der Waals surface area contributed by atoms with E-state index in [0.717, 1.165) is 12.3 Å². The Morgan fingerprint density at radius 1 is 1.60 bits per heavy atom.